The molecule has 1 aromatic carbocycles. The van der Waals surface area contributed by atoms with Gasteiger partial charge in [0.1, 0.15) is 0 Å². The molecule has 1 aromatic rings. The van der Waals surface area contributed by atoms with Gasteiger partial charge in [-0.25, -0.2) is 0 Å². The lowest BCUT2D eigenvalue weighted by atomic mass is 10.1. The number of amides is 1. The van der Waals surface area contributed by atoms with Crippen LogP contribution in [-0.2, 0) is 11.2 Å². The summed E-state index contributed by atoms with van der Waals surface area (Å²) >= 11 is 3.52. The van der Waals surface area contributed by atoms with Gasteiger partial charge in [0.05, 0.1) is 14.2 Å². The van der Waals surface area contributed by atoms with E-state index in [9.17, 15) is 4.79 Å². The molecule has 0 spiro atoms. The molecule has 0 aliphatic heterocycles. The standard InChI is InChI=1S/C17H26BrNO3/c1-4-5-6-7-10-19-17(20)9-8-13-11-15(21-2)16(22-3)12-14(13)18/h11-12H,4-10H2,1-3H3,(H,19,20). The third-order valence-electron chi connectivity index (χ3n) is 3.53. The summed E-state index contributed by atoms with van der Waals surface area (Å²) in [5.74, 6) is 1.46. The molecule has 124 valence electrons. The first-order valence-corrected chi connectivity index (χ1v) is 8.58. The Labute approximate surface area is 141 Å². The van der Waals surface area contributed by atoms with Crippen molar-refractivity contribution in [3.05, 3.63) is 22.2 Å². The third-order valence-corrected chi connectivity index (χ3v) is 4.26. The molecular weight excluding hydrogens is 346 g/mol. The molecule has 0 aliphatic rings. The highest BCUT2D eigenvalue weighted by Crippen LogP contribution is 2.33. The molecule has 0 aromatic heterocycles. The first-order valence-electron chi connectivity index (χ1n) is 7.79. The highest BCUT2D eigenvalue weighted by Gasteiger charge is 2.11. The molecular formula is C17H26BrNO3. The van der Waals surface area contributed by atoms with Crippen LogP contribution in [-0.4, -0.2) is 26.7 Å². The fourth-order valence-corrected chi connectivity index (χ4v) is 2.72. The highest BCUT2D eigenvalue weighted by molar-refractivity contribution is 9.10. The van der Waals surface area contributed by atoms with Crippen molar-refractivity contribution in [3.63, 3.8) is 0 Å². The Bertz CT molecular complexity index is 477. The average molecular weight is 372 g/mol. The molecule has 0 radical (unpaired) electrons. The summed E-state index contributed by atoms with van der Waals surface area (Å²) in [6, 6.07) is 3.79. The number of benzene rings is 1. The van der Waals surface area contributed by atoms with Crippen molar-refractivity contribution in [2.75, 3.05) is 20.8 Å². The molecule has 0 fully saturated rings. The van der Waals surface area contributed by atoms with Gasteiger partial charge in [0.25, 0.3) is 0 Å². The Morgan fingerprint density at radius 1 is 1.14 bits per heavy atom. The normalized spacial score (nSPS) is 10.4. The molecule has 22 heavy (non-hydrogen) atoms. The molecule has 0 saturated carbocycles. The second-order valence-corrected chi connectivity index (χ2v) is 6.06. The van der Waals surface area contributed by atoms with Crippen LogP contribution in [0.2, 0.25) is 0 Å². The Morgan fingerprint density at radius 2 is 1.82 bits per heavy atom. The van der Waals surface area contributed by atoms with E-state index in [1.54, 1.807) is 14.2 Å². The molecule has 0 bridgehead atoms. The van der Waals surface area contributed by atoms with E-state index in [4.69, 9.17) is 9.47 Å². The second kappa shape index (κ2) is 10.5. The number of carbonyl (C=O) groups excluding carboxylic acids is 1. The number of ether oxygens (including phenoxy) is 2. The van der Waals surface area contributed by atoms with Crippen LogP contribution in [0.15, 0.2) is 16.6 Å². The average Bonchev–Trinajstić information content (AvgIpc) is 2.53. The minimum absolute atomic E-state index is 0.0955. The van der Waals surface area contributed by atoms with Crippen molar-refractivity contribution >= 4 is 21.8 Å². The van der Waals surface area contributed by atoms with Gasteiger partial charge in [-0.1, -0.05) is 42.1 Å². The van der Waals surface area contributed by atoms with Crippen molar-refractivity contribution in [2.45, 2.75) is 45.4 Å². The van der Waals surface area contributed by atoms with Crippen LogP contribution in [0.4, 0.5) is 0 Å². The van der Waals surface area contributed by atoms with E-state index in [0.29, 0.717) is 24.3 Å². The largest absolute Gasteiger partial charge is 0.493 e. The van der Waals surface area contributed by atoms with Crippen LogP contribution in [0.5, 0.6) is 11.5 Å². The third kappa shape index (κ3) is 6.26. The Morgan fingerprint density at radius 3 is 2.45 bits per heavy atom. The summed E-state index contributed by atoms with van der Waals surface area (Å²) in [4.78, 5) is 11.9. The van der Waals surface area contributed by atoms with Crippen molar-refractivity contribution in [1.29, 1.82) is 0 Å². The van der Waals surface area contributed by atoms with Crippen LogP contribution in [0.3, 0.4) is 0 Å². The van der Waals surface area contributed by atoms with E-state index >= 15 is 0 Å². The number of hydrogen-bond acceptors (Lipinski definition) is 3. The number of unbranched alkanes of at least 4 members (excludes halogenated alkanes) is 3. The first kappa shape index (κ1) is 18.8. The van der Waals surface area contributed by atoms with Gasteiger partial charge in [0.15, 0.2) is 11.5 Å². The second-order valence-electron chi connectivity index (χ2n) is 5.21. The van der Waals surface area contributed by atoms with E-state index in [1.807, 2.05) is 12.1 Å². The maximum atomic E-state index is 11.9. The number of methoxy groups -OCH3 is 2. The van der Waals surface area contributed by atoms with Gasteiger partial charge < -0.3 is 14.8 Å². The van der Waals surface area contributed by atoms with Crippen LogP contribution < -0.4 is 14.8 Å². The van der Waals surface area contributed by atoms with E-state index in [1.165, 1.54) is 19.3 Å². The predicted octanol–water partition coefficient (Wildman–Crippen LogP) is 4.10. The van der Waals surface area contributed by atoms with Crippen molar-refractivity contribution in [2.24, 2.45) is 0 Å². The number of carbonyl (C=O) groups is 1. The van der Waals surface area contributed by atoms with Gasteiger partial charge in [-0.3, -0.25) is 4.79 Å². The SMILES string of the molecule is CCCCCCNC(=O)CCc1cc(OC)c(OC)cc1Br. The summed E-state index contributed by atoms with van der Waals surface area (Å²) in [7, 11) is 3.22. The van der Waals surface area contributed by atoms with E-state index in [-0.39, 0.29) is 5.91 Å². The van der Waals surface area contributed by atoms with Gasteiger partial charge in [-0.2, -0.15) is 0 Å². The zero-order chi connectivity index (χ0) is 16.4. The first-order chi connectivity index (χ1) is 10.6. The topological polar surface area (TPSA) is 47.6 Å². The lowest BCUT2D eigenvalue weighted by Gasteiger charge is -2.12. The zero-order valence-corrected chi connectivity index (χ0v) is 15.3. The van der Waals surface area contributed by atoms with E-state index in [2.05, 4.69) is 28.2 Å². The molecule has 0 aliphatic carbocycles. The van der Waals surface area contributed by atoms with Gasteiger partial charge in [0, 0.05) is 17.4 Å². The maximum absolute atomic E-state index is 11.9. The highest BCUT2D eigenvalue weighted by atomic mass is 79.9. The van der Waals surface area contributed by atoms with Crippen molar-refractivity contribution in [3.8, 4) is 11.5 Å². The van der Waals surface area contributed by atoms with Crippen LogP contribution in [0, 0.1) is 0 Å². The summed E-state index contributed by atoms with van der Waals surface area (Å²) in [5, 5.41) is 2.97. The fraction of sp³-hybridized carbons (Fsp3) is 0.588. The van der Waals surface area contributed by atoms with Crippen molar-refractivity contribution < 1.29 is 14.3 Å². The van der Waals surface area contributed by atoms with Gasteiger partial charge in [-0.05, 0) is 30.5 Å². The molecule has 1 rings (SSSR count). The molecule has 0 atom stereocenters. The Hall–Kier alpha value is -1.23. The summed E-state index contributed by atoms with van der Waals surface area (Å²) in [6.07, 6.45) is 5.82. The lowest BCUT2D eigenvalue weighted by molar-refractivity contribution is -0.121. The molecule has 0 saturated heterocycles. The minimum Gasteiger partial charge on any atom is -0.493 e. The quantitative estimate of drug-likeness (QED) is 0.629. The van der Waals surface area contributed by atoms with E-state index in [0.717, 1.165) is 23.0 Å². The number of halogens is 1. The monoisotopic (exact) mass is 371 g/mol. The molecule has 1 amide bonds. The fourth-order valence-electron chi connectivity index (χ4n) is 2.20. The molecule has 0 unspecified atom stereocenters. The zero-order valence-electron chi connectivity index (χ0n) is 13.7. The van der Waals surface area contributed by atoms with Crippen molar-refractivity contribution in [1.82, 2.24) is 5.32 Å². The number of nitrogens with one attached hydrogen (secondary N) is 1. The Kier molecular flexibility index (Phi) is 8.97. The summed E-state index contributed by atoms with van der Waals surface area (Å²) in [6.45, 7) is 2.95. The predicted molar refractivity (Wildman–Crippen MR) is 92.7 cm³/mol. The van der Waals surface area contributed by atoms with Gasteiger partial charge >= 0.3 is 0 Å². The van der Waals surface area contributed by atoms with Crippen LogP contribution in [0.1, 0.15) is 44.6 Å². The molecule has 4 nitrogen and oxygen atoms in total. The smallest absolute Gasteiger partial charge is 0.220 e. The Balaban J connectivity index is 2.45. The van der Waals surface area contributed by atoms with Crippen LogP contribution in [0.25, 0.3) is 0 Å². The summed E-state index contributed by atoms with van der Waals surface area (Å²) < 4.78 is 11.5. The molecule has 0 heterocycles. The van der Waals surface area contributed by atoms with Crippen LogP contribution >= 0.6 is 15.9 Å². The molecule has 1 N–H and O–H groups in total. The maximum Gasteiger partial charge on any atom is 0.220 e. The number of hydrogen-bond donors (Lipinski definition) is 1. The minimum atomic E-state index is 0.0955. The van der Waals surface area contributed by atoms with E-state index < -0.39 is 0 Å². The summed E-state index contributed by atoms with van der Waals surface area (Å²) in [5.41, 5.74) is 1.04. The number of aryl methyl sites for hydroxylation is 1. The number of rotatable bonds is 10. The van der Waals surface area contributed by atoms with Gasteiger partial charge in [0.2, 0.25) is 5.91 Å². The lowest BCUT2D eigenvalue weighted by Crippen LogP contribution is -2.24. The van der Waals surface area contributed by atoms with Gasteiger partial charge in [-0.15, -0.1) is 0 Å². The molecule has 5 heteroatoms.